The van der Waals surface area contributed by atoms with E-state index in [1.165, 1.54) is 12.8 Å². The van der Waals surface area contributed by atoms with Crippen LogP contribution < -0.4 is 11.1 Å². The lowest BCUT2D eigenvalue weighted by Crippen LogP contribution is -2.21. The van der Waals surface area contributed by atoms with Crippen LogP contribution in [0.4, 0.5) is 11.4 Å². The van der Waals surface area contributed by atoms with E-state index in [-0.39, 0.29) is 0 Å². The summed E-state index contributed by atoms with van der Waals surface area (Å²) in [4.78, 5) is 0. The minimum Gasteiger partial charge on any atom is -0.397 e. The normalized spacial score (nSPS) is 17.5. The number of benzene rings is 1. The van der Waals surface area contributed by atoms with Crippen LogP contribution in [0.1, 0.15) is 26.7 Å². The van der Waals surface area contributed by atoms with Gasteiger partial charge in [0, 0.05) is 11.6 Å². The largest absolute Gasteiger partial charge is 0.397 e. The zero-order chi connectivity index (χ0) is 11.8. The molecule has 0 atom stereocenters. The van der Waals surface area contributed by atoms with Crippen LogP contribution in [-0.2, 0) is 0 Å². The van der Waals surface area contributed by atoms with Gasteiger partial charge in [-0.15, -0.1) is 0 Å². The highest BCUT2D eigenvalue weighted by molar-refractivity contribution is 6.31. The van der Waals surface area contributed by atoms with Gasteiger partial charge >= 0.3 is 0 Å². The number of nitrogens with one attached hydrogen (secondary N) is 1. The van der Waals surface area contributed by atoms with Crippen molar-refractivity contribution in [2.45, 2.75) is 26.7 Å². The van der Waals surface area contributed by atoms with Crippen molar-refractivity contribution in [2.24, 2.45) is 11.3 Å². The average Bonchev–Trinajstić information content (AvgIpc) is 2.97. The van der Waals surface area contributed by atoms with E-state index >= 15 is 0 Å². The Kier molecular flexibility index (Phi) is 3.02. The number of nitrogens with two attached hydrogens (primary N) is 1. The van der Waals surface area contributed by atoms with Gasteiger partial charge in [-0.05, 0) is 42.4 Å². The summed E-state index contributed by atoms with van der Waals surface area (Å²) in [5.74, 6) is 0.730. The van der Waals surface area contributed by atoms with Gasteiger partial charge in [-0.2, -0.15) is 0 Å². The molecule has 2 nitrogen and oxygen atoms in total. The lowest BCUT2D eigenvalue weighted by Gasteiger charge is -2.21. The van der Waals surface area contributed by atoms with Gasteiger partial charge in [-0.3, -0.25) is 0 Å². The van der Waals surface area contributed by atoms with Gasteiger partial charge < -0.3 is 11.1 Å². The molecule has 0 amide bonds. The Hall–Kier alpha value is -0.890. The van der Waals surface area contributed by atoms with E-state index in [2.05, 4.69) is 19.2 Å². The topological polar surface area (TPSA) is 38.0 Å². The predicted octanol–water partition coefficient (Wildman–Crippen LogP) is 3.77. The third kappa shape index (κ3) is 2.27. The monoisotopic (exact) mass is 238 g/mol. The highest BCUT2D eigenvalue weighted by Crippen LogP contribution is 2.51. The number of halogens is 1. The van der Waals surface area contributed by atoms with Crippen LogP contribution >= 0.6 is 11.6 Å². The molecule has 88 valence electrons. The second kappa shape index (κ2) is 4.17. The van der Waals surface area contributed by atoms with Gasteiger partial charge in [0.25, 0.3) is 0 Å². The first-order valence-electron chi connectivity index (χ1n) is 5.82. The Morgan fingerprint density at radius 1 is 1.44 bits per heavy atom. The second-order valence-corrected chi connectivity index (χ2v) is 5.54. The van der Waals surface area contributed by atoms with Crippen molar-refractivity contribution >= 4 is 23.0 Å². The van der Waals surface area contributed by atoms with Crippen molar-refractivity contribution in [2.75, 3.05) is 17.6 Å². The van der Waals surface area contributed by atoms with E-state index in [1.807, 2.05) is 12.1 Å². The molecule has 0 saturated heterocycles. The average molecular weight is 239 g/mol. The summed E-state index contributed by atoms with van der Waals surface area (Å²) in [7, 11) is 0. The third-order valence-corrected chi connectivity index (χ3v) is 4.00. The lowest BCUT2D eigenvalue weighted by molar-refractivity contribution is 0.380. The number of anilines is 2. The molecule has 1 aromatic rings. The molecular weight excluding hydrogens is 220 g/mol. The van der Waals surface area contributed by atoms with Crippen molar-refractivity contribution in [1.29, 1.82) is 0 Å². The van der Waals surface area contributed by atoms with Gasteiger partial charge in [0.2, 0.25) is 0 Å². The molecule has 0 heterocycles. The van der Waals surface area contributed by atoms with E-state index in [0.29, 0.717) is 10.4 Å². The van der Waals surface area contributed by atoms with Gasteiger partial charge in [0.1, 0.15) is 0 Å². The van der Waals surface area contributed by atoms with Crippen molar-refractivity contribution in [3.05, 3.63) is 23.2 Å². The first-order valence-corrected chi connectivity index (χ1v) is 6.20. The molecule has 0 spiro atoms. The minimum absolute atomic E-state index is 0.492. The molecule has 3 heteroatoms. The first kappa shape index (κ1) is 11.6. The molecule has 1 aliphatic carbocycles. The van der Waals surface area contributed by atoms with E-state index in [0.717, 1.165) is 23.8 Å². The minimum atomic E-state index is 0.492. The molecule has 16 heavy (non-hydrogen) atoms. The Morgan fingerprint density at radius 3 is 2.62 bits per heavy atom. The summed E-state index contributed by atoms with van der Waals surface area (Å²) in [5.41, 5.74) is 8.12. The number of hydrogen-bond donors (Lipinski definition) is 2. The smallest absolute Gasteiger partial charge is 0.0575 e. The molecule has 1 aliphatic rings. The fraction of sp³-hybridized carbons (Fsp3) is 0.538. The zero-order valence-electron chi connectivity index (χ0n) is 9.89. The van der Waals surface area contributed by atoms with Crippen LogP contribution in [0.2, 0.25) is 5.02 Å². The Labute approximate surface area is 102 Å². The molecule has 0 aliphatic heterocycles. The van der Waals surface area contributed by atoms with Crippen LogP contribution in [0.5, 0.6) is 0 Å². The molecule has 2 rings (SSSR count). The van der Waals surface area contributed by atoms with E-state index in [4.69, 9.17) is 17.3 Å². The first-order chi connectivity index (χ1) is 7.53. The molecule has 1 saturated carbocycles. The van der Waals surface area contributed by atoms with E-state index in [9.17, 15) is 0 Å². The Balaban J connectivity index is 2.00. The van der Waals surface area contributed by atoms with E-state index < -0.39 is 0 Å². The summed E-state index contributed by atoms with van der Waals surface area (Å²) in [5, 5.41) is 4.13. The Bertz CT molecular complexity index is 384. The van der Waals surface area contributed by atoms with Crippen LogP contribution in [0.3, 0.4) is 0 Å². The van der Waals surface area contributed by atoms with Crippen LogP contribution in [0.15, 0.2) is 18.2 Å². The fourth-order valence-electron chi connectivity index (χ4n) is 2.08. The molecule has 0 aromatic heterocycles. The third-order valence-electron chi connectivity index (χ3n) is 3.76. The summed E-state index contributed by atoms with van der Waals surface area (Å²) < 4.78 is 0. The zero-order valence-corrected chi connectivity index (χ0v) is 10.6. The predicted molar refractivity (Wildman–Crippen MR) is 70.9 cm³/mol. The van der Waals surface area contributed by atoms with Crippen LogP contribution in [0, 0.1) is 11.3 Å². The maximum atomic E-state index is 5.90. The summed E-state index contributed by atoms with van der Waals surface area (Å²) in [6.45, 7) is 5.59. The second-order valence-electron chi connectivity index (χ2n) is 5.10. The number of rotatable bonds is 4. The van der Waals surface area contributed by atoms with Gasteiger partial charge in [0.15, 0.2) is 0 Å². The molecule has 0 bridgehead atoms. The quantitative estimate of drug-likeness (QED) is 0.784. The SMILES string of the molecule is CC(C)C1(CNc2ccc(Cl)cc2N)CC1. The Morgan fingerprint density at radius 2 is 2.12 bits per heavy atom. The van der Waals surface area contributed by atoms with Gasteiger partial charge in [-0.25, -0.2) is 0 Å². The fourth-order valence-corrected chi connectivity index (χ4v) is 2.27. The molecule has 0 radical (unpaired) electrons. The highest BCUT2D eigenvalue weighted by atomic mass is 35.5. The van der Waals surface area contributed by atoms with Gasteiger partial charge in [-0.1, -0.05) is 25.4 Å². The maximum absolute atomic E-state index is 5.90. The van der Waals surface area contributed by atoms with Crippen molar-refractivity contribution in [3.63, 3.8) is 0 Å². The molecule has 3 N–H and O–H groups in total. The summed E-state index contributed by atoms with van der Waals surface area (Å²) >= 11 is 5.86. The van der Waals surface area contributed by atoms with Crippen molar-refractivity contribution in [3.8, 4) is 0 Å². The van der Waals surface area contributed by atoms with Crippen LogP contribution in [0.25, 0.3) is 0 Å². The molecule has 1 fully saturated rings. The number of nitrogen functional groups attached to an aromatic ring is 1. The van der Waals surface area contributed by atoms with Crippen molar-refractivity contribution in [1.82, 2.24) is 0 Å². The lowest BCUT2D eigenvalue weighted by atomic mass is 9.92. The van der Waals surface area contributed by atoms with Crippen LogP contribution in [-0.4, -0.2) is 6.54 Å². The van der Waals surface area contributed by atoms with Crippen molar-refractivity contribution < 1.29 is 0 Å². The van der Waals surface area contributed by atoms with E-state index in [1.54, 1.807) is 6.07 Å². The highest BCUT2D eigenvalue weighted by Gasteiger charge is 2.44. The standard InChI is InChI=1S/C13H19ClN2/c1-9(2)13(5-6-13)8-16-12-4-3-10(14)7-11(12)15/h3-4,7,9,16H,5-6,8,15H2,1-2H3. The van der Waals surface area contributed by atoms with Gasteiger partial charge in [0.05, 0.1) is 11.4 Å². The summed E-state index contributed by atoms with van der Waals surface area (Å²) in [6, 6.07) is 5.61. The number of hydrogen-bond acceptors (Lipinski definition) is 2. The maximum Gasteiger partial charge on any atom is 0.0575 e. The molecule has 0 unspecified atom stereocenters. The summed E-state index contributed by atoms with van der Waals surface area (Å²) in [6.07, 6.45) is 2.65. The molecular formula is C13H19ClN2. The molecule has 1 aromatic carbocycles.